The first kappa shape index (κ1) is 16.8. The smallest absolute Gasteiger partial charge is 0.255 e. The van der Waals surface area contributed by atoms with Crippen LogP contribution < -0.4 is 21.1 Å². The van der Waals surface area contributed by atoms with Gasteiger partial charge in [0, 0.05) is 12.2 Å². The van der Waals surface area contributed by atoms with E-state index in [1.807, 2.05) is 13.8 Å². The van der Waals surface area contributed by atoms with Crippen molar-refractivity contribution in [2.45, 2.75) is 26.8 Å². The molecule has 6 nitrogen and oxygen atoms in total. The number of ether oxygens (including phenoxy) is 1. The summed E-state index contributed by atoms with van der Waals surface area (Å²) in [6, 6.07) is 4.15. The van der Waals surface area contributed by atoms with E-state index in [2.05, 4.69) is 10.6 Å². The molecule has 0 radical (unpaired) electrons. The predicted molar refractivity (Wildman–Crippen MR) is 82.2 cm³/mol. The Morgan fingerprint density at radius 2 is 1.95 bits per heavy atom. The summed E-state index contributed by atoms with van der Waals surface area (Å²) in [6.07, 6.45) is 0. The average Bonchev–Trinajstić information content (AvgIpc) is 2.44. The van der Waals surface area contributed by atoms with Crippen LogP contribution in [0, 0.1) is 5.92 Å². The number of anilines is 1. The van der Waals surface area contributed by atoms with E-state index in [0.29, 0.717) is 29.5 Å². The molecule has 0 aliphatic rings. The van der Waals surface area contributed by atoms with Gasteiger partial charge in [-0.3, -0.25) is 9.59 Å². The van der Waals surface area contributed by atoms with Gasteiger partial charge in [-0.05, 0) is 31.0 Å². The quantitative estimate of drug-likeness (QED) is 0.686. The van der Waals surface area contributed by atoms with Crippen molar-refractivity contribution in [1.29, 1.82) is 0 Å². The fraction of sp³-hybridized carbons (Fsp3) is 0.467. The van der Waals surface area contributed by atoms with Crippen molar-refractivity contribution >= 4 is 17.5 Å². The Labute approximate surface area is 125 Å². The summed E-state index contributed by atoms with van der Waals surface area (Å²) < 4.78 is 5.13. The van der Waals surface area contributed by atoms with Crippen molar-refractivity contribution in [3.05, 3.63) is 23.8 Å². The Hall–Kier alpha value is -2.24. The van der Waals surface area contributed by atoms with E-state index in [9.17, 15) is 9.59 Å². The van der Waals surface area contributed by atoms with Crippen LogP contribution in [-0.2, 0) is 4.79 Å². The van der Waals surface area contributed by atoms with E-state index in [0.717, 1.165) is 0 Å². The van der Waals surface area contributed by atoms with E-state index in [1.54, 1.807) is 19.1 Å². The van der Waals surface area contributed by atoms with Crippen molar-refractivity contribution in [3.63, 3.8) is 0 Å². The van der Waals surface area contributed by atoms with E-state index in [4.69, 9.17) is 10.5 Å². The minimum atomic E-state index is -0.637. The van der Waals surface area contributed by atoms with Gasteiger partial charge in [-0.25, -0.2) is 0 Å². The monoisotopic (exact) mass is 293 g/mol. The van der Waals surface area contributed by atoms with Crippen molar-refractivity contribution in [1.82, 2.24) is 10.6 Å². The first-order valence-electron chi connectivity index (χ1n) is 6.87. The average molecular weight is 293 g/mol. The summed E-state index contributed by atoms with van der Waals surface area (Å²) in [4.78, 5) is 24.1. The molecule has 1 rings (SSSR count). The van der Waals surface area contributed by atoms with Crippen molar-refractivity contribution in [3.8, 4) is 5.75 Å². The molecule has 0 bridgehead atoms. The molecule has 1 atom stereocenters. The number of benzene rings is 1. The van der Waals surface area contributed by atoms with Gasteiger partial charge < -0.3 is 21.1 Å². The molecule has 0 fully saturated rings. The maximum atomic E-state index is 12.2. The molecule has 0 aliphatic heterocycles. The fourth-order valence-electron chi connectivity index (χ4n) is 1.70. The topological polar surface area (TPSA) is 93.4 Å². The molecule has 0 aliphatic carbocycles. The standard InChI is InChI=1S/C15H23N3O3/c1-9(2)8-17-14(19)10(3)18-15(20)12-7-11(16)5-6-13(12)21-4/h5-7,9-10H,8,16H2,1-4H3,(H,17,19)(H,18,20). The number of nitrogens with two attached hydrogens (primary N) is 1. The number of methoxy groups -OCH3 is 1. The number of amides is 2. The Bertz CT molecular complexity index is 515. The maximum absolute atomic E-state index is 12.2. The van der Waals surface area contributed by atoms with Crippen LogP contribution in [0.5, 0.6) is 5.75 Å². The minimum Gasteiger partial charge on any atom is -0.496 e. The van der Waals surface area contributed by atoms with Crippen LogP contribution in [0.3, 0.4) is 0 Å². The number of carbonyl (C=O) groups excluding carboxylic acids is 2. The number of nitrogens with one attached hydrogen (secondary N) is 2. The molecule has 0 saturated heterocycles. The summed E-state index contributed by atoms with van der Waals surface area (Å²) in [5, 5.41) is 5.40. The number of rotatable bonds is 6. The lowest BCUT2D eigenvalue weighted by Crippen LogP contribution is -2.45. The second-order valence-electron chi connectivity index (χ2n) is 5.29. The van der Waals surface area contributed by atoms with Crippen LogP contribution in [0.1, 0.15) is 31.1 Å². The fourth-order valence-corrected chi connectivity index (χ4v) is 1.70. The highest BCUT2D eigenvalue weighted by Gasteiger charge is 2.19. The summed E-state index contributed by atoms with van der Waals surface area (Å²) in [5.41, 5.74) is 6.44. The van der Waals surface area contributed by atoms with Gasteiger partial charge in [0.2, 0.25) is 5.91 Å². The molecule has 6 heteroatoms. The van der Waals surface area contributed by atoms with Gasteiger partial charge in [-0.2, -0.15) is 0 Å². The summed E-state index contributed by atoms with van der Waals surface area (Å²) in [6.45, 7) is 6.20. The third kappa shape index (κ3) is 4.98. The van der Waals surface area contributed by atoms with Crippen LogP contribution in [-0.4, -0.2) is 31.5 Å². The van der Waals surface area contributed by atoms with Gasteiger partial charge in [0.1, 0.15) is 11.8 Å². The zero-order valence-corrected chi connectivity index (χ0v) is 12.9. The molecule has 4 N–H and O–H groups in total. The Balaban J connectivity index is 2.72. The number of hydrogen-bond donors (Lipinski definition) is 3. The highest BCUT2D eigenvalue weighted by Crippen LogP contribution is 2.20. The van der Waals surface area contributed by atoms with Gasteiger partial charge >= 0.3 is 0 Å². The lowest BCUT2D eigenvalue weighted by molar-refractivity contribution is -0.122. The molecule has 0 heterocycles. The molecular weight excluding hydrogens is 270 g/mol. The molecule has 0 spiro atoms. The van der Waals surface area contributed by atoms with Crippen LogP contribution in [0.2, 0.25) is 0 Å². The second kappa shape index (κ2) is 7.52. The summed E-state index contributed by atoms with van der Waals surface area (Å²) >= 11 is 0. The zero-order chi connectivity index (χ0) is 16.0. The minimum absolute atomic E-state index is 0.222. The number of hydrogen-bond acceptors (Lipinski definition) is 4. The first-order valence-corrected chi connectivity index (χ1v) is 6.87. The van der Waals surface area contributed by atoms with Crippen LogP contribution in [0.15, 0.2) is 18.2 Å². The lowest BCUT2D eigenvalue weighted by Gasteiger charge is -2.16. The third-order valence-corrected chi connectivity index (χ3v) is 2.89. The third-order valence-electron chi connectivity index (χ3n) is 2.89. The SMILES string of the molecule is COc1ccc(N)cc1C(=O)NC(C)C(=O)NCC(C)C. The van der Waals surface area contributed by atoms with Crippen LogP contribution in [0.25, 0.3) is 0 Å². The van der Waals surface area contributed by atoms with Crippen molar-refractivity contribution in [2.75, 3.05) is 19.4 Å². The molecule has 21 heavy (non-hydrogen) atoms. The van der Waals surface area contributed by atoms with Crippen molar-refractivity contribution in [2.24, 2.45) is 5.92 Å². The van der Waals surface area contributed by atoms with Crippen LogP contribution in [0.4, 0.5) is 5.69 Å². The van der Waals surface area contributed by atoms with E-state index < -0.39 is 11.9 Å². The normalized spacial score (nSPS) is 11.9. The maximum Gasteiger partial charge on any atom is 0.255 e. The molecule has 116 valence electrons. The number of carbonyl (C=O) groups is 2. The summed E-state index contributed by atoms with van der Waals surface area (Å²) in [7, 11) is 1.47. The zero-order valence-electron chi connectivity index (χ0n) is 12.9. The molecule has 2 amide bonds. The van der Waals surface area contributed by atoms with Gasteiger partial charge in [-0.1, -0.05) is 13.8 Å². The second-order valence-corrected chi connectivity index (χ2v) is 5.29. The predicted octanol–water partition coefficient (Wildman–Crippen LogP) is 1.17. The van der Waals surface area contributed by atoms with Crippen LogP contribution >= 0.6 is 0 Å². The largest absolute Gasteiger partial charge is 0.496 e. The Morgan fingerprint density at radius 3 is 2.52 bits per heavy atom. The molecule has 1 aromatic carbocycles. The lowest BCUT2D eigenvalue weighted by atomic mass is 10.1. The highest BCUT2D eigenvalue weighted by molar-refractivity contribution is 6.00. The van der Waals surface area contributed by atoms with Gasteiger partial charge in [0.05, 0.1) is 12.7 Å². The molecule has 0 saturated carbocycles. The first-order chi connectivity index (χ1) is 9.85. The van der Waals surface area contributed by atoms with E-state index in [-0.39, 0.29) is 5.91 Å². The molecule has 1 unspecified atom stereocenters. The van der Waals surface area contributed by atoms with Gasteiger partial charge in [0.25, 0.3) is 5.91 Å². The Kier molecular flexibility index (Phi) is 6.02. The molecule has 1 aromatic rings. The van der Waals surface area contributed by atoms with Crippen molar-refractivity contribution < 1.29 is 14.3 Å². The van der Waals surface area contributed by atoms with E-state index in [1.165, 1.54) is 13.2 Å². The summed E-state index contributed by atoms with van der Waals surface area (Å²) in [5.74, 6) is 0.147. The molecule has 0 aromatic heterocycles. The molecular formula is C15H23N3O3. The van der Waals surface area contributed by atoms with Gasteiger partial charge in [0.15, 0.2) is 0 Å². The number of nitrogen functional groups attached to an aromatic ring is 1. The van der Waals surface area contributed by atoms with E-state index >= 15 is 0 Å². The highest BCUT2D eigenvalue weighted by atomic mass is 16.5. The van der Waals surface area contributed by atoms with Gasteiger partial charge in [-0.15, -0.1) is 0 Å². The Morgan fingerprint density at radius 1 is 1.29 bits per heavy atom.